The number of allylic oxidation sites excluding steroid dienone is 4. The lowest BCUT2D eigenvalue weighted by molar-refractivity contribution is 0.107. The summed E-state index contributed by atoms with van der Waals surface area (Å²) in [5, 5.41) is 12.4. The van der Waals surface area contributed by atoms with Gasteiger partial charge in [0.05, 0.1) is 47.9 Å². The lowest BCUT2D eigenvalue weighted by Gasteiger charge is -2.15. The highest BCUT2D eigenvalue weighted by molar-refractivity contribution is 6.09. The molecule has 1 unspecified atom stereocenters. The highest BCUT2D eigenvalue weighted by atomic mass is 16.5. The van der Waals surface area contributed by atoms with Crippen LogP contribution in [0.1, 0.15) is 16.7 Å². The predicted molar refractivity (Wildman–Crippen MR) is 111 cm³/mol. The maximum absolute atomic E-state index is 9.13. The zero-order valence-corrected chi connectivity index (χ0v) is 15.7. The fourth-order valence-corrected chi connectivity index (χ4v) is 3.46. The van der Waals surface area contributed by atoms with Crippen molar-refractivity contribution < 1.29 is 4.74 Å². The van der Waals surface area contributed by atoms with Crippen LogP contribution in [0.15, 0.2) is 89.1 Å². The smallest absolute Gasteiger partial charge is 0.0992 e. The molecule has 0 saturated carbocycles. The predicted octanol–water partition coefficient (Wildman–Crippen LogP) is 4.38. The topological polar surface area (TPSA) is 57.4 Å². The number of hydrogen-bond donors (Lipinski definition) is 1. The molecule has 1 atom stereocenters. The van der Waals surface area contributed by atoms with Gasteiger partial charge in [-0.3, -0.25) is 0 Å². The first kappa shape index (κ1) is 18.0. The quantitative estimate of drug-likeness (QED) is 0.824. The molecule has 0 spiro atoms. The average Bonchev–Trinajstić information content (AvgIpc) is 3.12. The Labute approximate surface area is 165 Å². The van der Waals surface area contributed by atoms with Crippen LogP contribution in [-0.4, -0.2) is 12.8 Å². The Hall–Kier alpha value is -3.42. The van der Waals surface area contributed by atoms with Gasteiger partial charge in [-0.2, -0.15) is 5.26 Å². The van der Waals surface area contributed by atoms with Crippen LogP contribution in [-0.2, 0) is 18.0 Å². The fourth-order valence-electron chi connectivity index (χ4n) is 3.46. The Morgan fingerprint density at radius 2 is 1.75 bits per heavy atom. The molecular weight excluding hydrogens is 346 g/mol. The number of rotatable bonds is 6. The molecular formula is C24H21N3O. The molecule has 1 aliphatic carbocycles. The third-order valence-corrected chi connectivity index (χ3v) is 4.90. The van der Waals surface area contributed by atoms with E-state index in [1.807, 2.05) is 43.5 Å². The van der Waals surface area contributed by atoms with Gasteiger partial charge in [0.1, 0.15) is 0 Å². The second-order valence-electron chi connectivity index (χ2n) is 6.77. The summed E-state index contributed by atoms with van der Waals surface area (Å²) in [5.74, 6) is 0.0889. The van der Waals surface area contributed by atoms with Crippen molar-refractivity contribution >= 4 is 11.4 Å². The number of nitrogens with zero attached hydrogens (tertiary/aromatic N) is 2. The van der Waals surface area contributed by atoms with Gasteiger partial charge in [-0.25, -0.2) is 4.99 Å². The first-order chi connectivity index (χ1) is 13.8. The summed E-state index contributed by atoms with van der Waals surface area (Å²) in [6.07, 6.45) is 5.75. The van der Waals surface area contributed by atoms with Gasteiger partial charge in [-0.15, -0.1) is 0 Å². The minimum atomic E-state index is 0.0889. The first-order valence-electron chi connectivity index (χ1n) is 9.30. The summed E-state index contributed by atoms with van der Waals surface area (Å²) in [4.78, 5) is 4.79. The van der Waals surface area contributed by atoms with Crippen molar-refractivity contribution in [2.75, 3.05) is 7.05 Å². The summed E-state index contributed by atoms with van der Waals surface area (Å²) in [6.45, 7) is 1.17. The molecule has 0 fully saturated rings. The molecule has 1 N–H and O–H groups in total. The number of benzene rings is 2. The van der Waals surface area contributed by atoms with Crippen LogP contribution in [0, 0.1) is 17.2 Å². The van der Waals surface area contributed by atoms with E-state index in [9.17, 15) is 0 Å². The second-order valence-corrected chi connectivity index (χ2v) is 6.77. The van der Waals surface area contributed by atoms with Gasteiger partial charge in [0.25, 0.3) is 0 Å². The third-order valence-electron chi connectivity index (χ3n) is 4.90. The van der Waals surface area contributed by atoms with Crippen molar-refractivity contribution in [1.29, 1.82) is 5.26 Å². The van der Waals surface area contributed by atoms with Crippen molar-refractivity contribution in [3.05, 3.63) is 101 Å². The van der Waals surface area contributed by atoms with Gasteiger partial charge in [-0.05, 0) is 23.3 Å². The van der Waals surface area contributed by atoms with E-state index in [1.165, 1.54) is 5.56 Å². The molecule has 4 heteroatoms. The number of nitrogens with one attached hydrogen (secondary N) is 1. The molecule has 0 bridgehead atoms. The van der Waals surface area contributed by atoms with E-state index in [1.54, 1.807) is 0 Å². The molecule has 2 aliphatic rings. The van der Waals surface area contributed by atoms with E-state index in [4.69, 9.17) is 15.0 Å². The van der Waals surface area contributed by atoms with E-state index < -0.39 is 0 Å². The second kappa shape index (κ2) is 8.08. The molecule has 28 heavy (non-hydrogen) atoms. The van der Waals surface area contributed by atoms with Crippen molar-refractivity contribution in [2.24, 2.45) is 10.9 Å². The third kappa shape index (κ3) is 3.66. The van der Waals surface area contributed by atoms with Gasteiger partial charge in [0.15, 0.2) is 0 Å². The Morgan fingerprint density at radius 1 is 1.04 bits per heavy atom. The van der Waals surface area contributed by atoms with Gasteiger partial charge in [0, 0.05) is 12.6 Å². The van der Waals surface area contributed by atoms with Gasteiger partial charge >= 0.3 is 0 Å². The summed E-state index contributed by atoms with van der Waals surface area (Å²) in [6, 6.07) is 20.7. The van der Waals surface area contributed by atoms with Crippen LogP contribution < -0.4 is 5.32 Å². The van der Waals surface area contributed by atoms with E-state index in [0.717, 1.165) is 28.2 Å². The molecule has 1 heterocycles. The van der Waals surface area contributed by atoms with E-state index in [0.29, 0.717) is 18.8 Å². The standard InChI is InChI=1S/C24H21N3O/c1-26-24-21-12-9-19(14-25)13-22(21)27-23(24)20-10-7-18(8-11-20)16-28-15-17-5-3-2-4-6-17/h2-13,21,26H,15-16H2,1H3. The highest BCUT2D eigenvalue weighted by Gasteiger charge is 2.28. The monoisotopic (exact) mass is 367 g/mol. The van der Waals surface area contributed by atoms with Crippen LogP contribution in [0.4, 0.5) is 0 Å². The zero-order chi connectivity index (χ0) is 19.3. The minimum absolute atomic E-state index is 0.0889. The lowest BCUT2D eigenvalue weighted by Crippen LogP contribution is -2.20. The fraction of sp³-hybridized carbons (Fsp3) is 0.167. The summed E-state index contributed by atoms with van der Waals surface area (Å²) in [5.41, 5.74) is 6.89. The molecule has 2 aromatic rings. The van der Waals surface area contributed by atoms with Gasteiger partial charge in [0.2, 0.25) is 0 Å². The Bertz CT molecular complexity index is 1020. The van der Waals surface area contributed by atoms with Crippen molar-refractivity contribution in [3.8, 4) is 6.07 Å². The number of hydrogen-bond acceptors (Lipinski definition) is 4. The summed E-state index contributed by atoms with van der Waals surface area (Å²) < 4.78 is 5.82. The number of ether oxygens (including phenoxy) is 1. The lowest BCUT2D eigenvalue weighted by atomic mass is 9.93. The van der Waals surface area contributed by atoms with Crippen molar-refractivity contribution in [1.82, 2.24) is 5.32 Å². The van der Waals surface area contributed by atoms with E-state index in [-0.39, 0.29) is 5.92 Å². The number of nitriles is 1. The molecule has 4 nitrogen and oxygen atoms in total. The molecule has 0 aromatic heterocycles. The average molecular weight is 367 g/mol. The molecule has 1 aliphatic heterocycles. The summed E-state index contributed by atoms with van der Waals surface area (Å²) >= 11 is 0. The first-order valence-corrected chi connectivity index (χ1v) is 9.30. The molecule has 4 rings (SSSR count). The molecule has 0 saturated heterocycles. The van der Waals surface area contributed by atoms with Crippen LogP contribution >= 0.6 is 0 Å². The van der Waals surface area contributed by atoms with Crippen molar-refractivity contribution in [3.63, 3.8) is 0 Å². The molecule has 138 valence electrons. The van der Waals surface area contributed by atoms with Crippen LogP contribution in [0.2, 0.25) is 0 Å². The van der Waals surface area contributed by atoms with Crippen molar-refractivity contribution in [2.45, 2.75) is 13.2 Å². The van der Waals surface area contributed by atoms with E-state index >= 15 is 0 Å². The normalized spacial score (nSPS) is 17.6. The Kier molecular flexibility index (Phi) is 5.18. The van der Waals surface area contributed by atoms with Crippen LogP contribution in [0.5, 0.6) is 0 Å². The maximum Gasteiger partial charge on any atom is 0.0992 e. The van der Waals surface area contributed by atoms with Crippen LogP contribution in [0.25, 0.3) is 5.70 Å². The molecule has 0 amide bonds. The minimum Gasteiger partial charge on any atom is -0.389 e. The SMILES string of the molecule is CNC1=C(c2ccc(COCc3ccccc3)cc2)N=C2C=C(C#N)C=CC21. The Balaban J connectivity index is 1.47. The van der Waals surface area contributed by atoms with Gasteiger partial charge < -0.3 is 10.1 Å². The number of fused-ring (bicyclic) bond motifs is 1. The maximum atomic E-state index is 9.13. The Morgan fingerprint density at radius 3 is 2.43 bits per heavy atom. The number of aliphatic imine (C=N–C) groups is 1. The van der Waals surface area contributed by atoms with Gasteiger partial charge in [-0.1, -0.05) is 60.7 Å². The zero-order valence-electron chi connectivity index (χ0n) is 15.7. The molecule has 0 radical (unpaired) electrons. The van der Waals surface area contributed by atoms with E-state index in [2.05, 4.69) is 47.8 Å². The molecule has 2 aromatic carbocycles. The summed E-state index contributed by atoms with van der Waals surface area (Å²) in [7, 11) is 1.91. The van der Waals surface area contributed by atoms with Crippen LogP contribution in [0.3, 0.4) is 0 Å². The largest absolute Gasteiger partial charge is 0.389 e. The highest BCUT2D eigenvalue weighted by Crippen LogP contribution is 2.34.